The van der Waals surface area contributed by atoms with Crippen molar-refractivity contribution in [3.8, 4) is 0 Å². The summed E-state index contributed by atoms with van der Waals surface area (Å²) < 4.78 is 16.8. The third-order valence-electron chi connectivity index (χ3n) is 11.0. The van der Waals surface area contributed by atoms with E-state index in [0.29, 0.717) is 19.3 Å². The number of allylic oxidation sites excluding steroid dienone is 10. The Morgan fingerprint density at radius 1 is 0.344 bits per heavy atom. The van der Waals surface area contributed by atoms with E-state index in [1.54, 1.807) is 0 Å². The molecule has 0 N–H and O–H groups in total. The van der Waals surface area contributed by atoms with E-state index in [1.807, 2.05) is 0 Å². The second-order valence-corrected chi connectivity index (χ2v) is 17.1. The first-order valence-corrected chi connectivity index (χ1v) is 25.8. The van der Waals surface area contributed by atoms with Gasteiger partial charge in [-0.1, -0.05) is 216 Å². The van der Waals surface area contributed by atoms with Crippen molar-refractivity contribution in [1.82, 2.24) is 0 Å². The van der Waals surface area contributed by atoms with Gasteiger partial charge in [0.15, 0.2) is 6.10 Å². The van der Waals surface area contributed by atoms with Crippen molar-refractivity contribution in [2.45, 2.75) is 258 Å². The number of unbranched alkanes of at least 4 members (excludes halogenated alkanes) is 25. The van der Waals surface area contributed by atoms with Crippen molar-refractivity contribution in [2.24, 2.45) is 0 Å². The zero-order chi connectivity index (χ0) is 44.4. The molecule has 0 spiro atoms. The lowest BCUT2D eigenvalue weighted by atomic mass is 10.0. The van der Waals surface area contributed by atoms with E-state index in [0.717, 1.165) is 96.3 Å². The van der Waals surface area contributed by atoms with Gasteiger partial charge in [-0.05, 0) is 77.0 Å². The molecule has 1 unspecified atom stereocenters. The van der Waals surface area contributed by atoms with Crippen LogP contribution in [0.1, 0.15) is 252 Å². The lowest BCUT2D eigenvalue weighted by Gasteiger charge is -2.18. The Kier molecular flexibility index (Phi) is 47.4. The van der Waals surface area contributed by atoms with Gasteiger partial charge in [0.2, 0.25) is 0 Å². The Morgan fingerprint density at radius 2 is 0.656 bits per heavy atom. The molecule has 0 bridgehead atoms. The fraction of sp³-hybridized carbons (Fsp3) is 0.764. The molecule has 1 atom stereocenters. The lowest BCUT2D eigenvalue weighted by Crippen LogP contribution is -2.30. The summed E-state index contributed by atoms with van der Waals surface area (Å²) in [5.41, 5.74) is 0. The van der Waals surface area contributed by atoms with Crippen LogP contribution in [0.3, 0.4) is 0 Å². The van der Waals surface area contributed by atoms with Crippen molar-refractivity contribution in [1.29, 1.82) is 0 Å². The minimum Gasteiger partial charge on any atom is -0.462 e. The van der Waals surface area contributed by atoms with E-state index < -0.39 is 6.10 Å². The van der Waals surface area contributed by atoms with E-state index in [9.17, 15) is 14.4 Å². The molecule has 0 aromatic rings. The standard InChI is InChI=1S/C55H96O6/c1-4-7-10-13-16-19-22-24-25-26-27-28-29-31-33-36-39-42-45-48-54(57)60-51-52(50-59-53(56)47-44-41-38-35-32-21-18-15-12-9-6-3)61-55(58)49-46-43-40-37-34-30-23-20-17-14-11-8-5-2/h7,10,15-16,18-19,24-25,27-28,52H,4-6,8-9,11-14,17,20-23,26,29-51H2,1-3H3/b10-7-,18-15-,19-16-,25-24-,28-27-. The van der Waals surface area contributed by atoms with Gasteiger partial charge in [0.25, 0.3) is 0 Å². The van der Waals surface area contributed by atoms with Crippen molar-refractivity contribution in [3.63, 3.8) is 0 Å². The molecule has 0 rings (SSSR count). The van der Waals surface area contributed by atoms with Crippen LogP contribution in [0.2, 0.25) is 0 Å². The third-order valence-corrected chi connectivity index (χ3v) is 11.0. The molecule has 0 aliphatic rings. The van der Waals surface area contributed by atoms with Gasteiger partial charge >= 0.3 is 17.9 Å². The van der Waals surface area contributed by atoms with Gasteiger partial charge < -0.3 is 14.2 Å². The predicted molar refractivity (Wildman–Crippen MR) is 261 cm³/mol. The highest BCUT2D eigenvalue weighted by molar-refractivity contribution is 5.71. The first-order valence-electron chi connectivity index (χ1n) is 25.8. The number of hydrogen-bond acceptors (Lipinski definition) is 6. The fourth-order valence-electron chi connectivity index (χ4n) is 7.12. The maximum absolute atomic E-state index is 12.8. The Balaban J connectivity index is 4.36. The highest BCUT2D eigenvalue weighted by atomic mass is 16.6. The number of hydrogen-bond donors (Lipinski definition) is 0. The third kappa shape index (κ3) is 48.0. The van der Waals surface area contributed by atoms with E-state index in [4.69, 9.17) is 14.2 Å². The quantitative estimate of drug-likeness (QED) is 0.0263. The predicted octanol–water partition coefficient (Wildman–Crippen LogP) is 16.9. The molecule has 0 heterocycles. The summed E-state index contributed by atoms with van der Waals surface area (Å²) in [6.07, 6.45) is 60.6. The van der Waals surface area contributed by atoms with Crippen LogP contribution in [0.15, 0.2) is 60.8 Å². The summed E-state index contributed by atoms with van der Waals surface area (Å²) in [6, 6.07) is 0. The molecule has 0 aromatic heterocycles. The number of ether oxygens (including phenoxy) is 3. The van der Waals surface area contributed by atoms with Crippen molar-refractivity contribution in [3.05, 3.63) is 60.8 Å². The number of rotatable bonds is 46. The van der Waals surface area contributed by atoms with Crippen LogP contribution >= 0.6 is 0 Å². The van der Waals surface area contributed by atoms with Gasteiger partial charge in [-0.2, -0.15) is 0 Å². The highest BCUT2D eigenvalue weighted by Crippen LogP contribution is 2.15. The van der Waals surface area contributed by atoms with E-state index >= 15 is 0 Å². The smallest absolute Gasteiger partial charge is 0.306 e. The molecule has 0 amide bonds. The molecule has 6 nitrogen and oxygen atoms in total. The van der Waals surface area contributed by atoms with Crippen LogP contribution in [-0.2, 0) is 28.6 Å². The Morgan fingerprint density at radius 3 is 1.07 bits per heavy atom. The molecular weight excluding hydrogens is 757 g/mol. The first-order chi connectivity index (χ1) is 30.0. The molecule has 0 radical (unpaired) electrons. The van der Waals surface area contributed by atoms with E-state index in [2.05, 4.69) is 81.5 Å². The van der Waals surface area contributed by atoms with Crippen LogP contribution < -0.4 is 0 Å². The van der Waals surface area contributed by atoms with Gasteiger partial charge in [-0.3, -0.25) is 14.4 Å². The van der Waals surface area contributed by atoms with Crippen molar-refractivity contribution >= 4 is 17.9 Å². The average molecular weight is 853 g/mol. The van der Waals surface area contributed by atoms with Crippen molar-refractivity contribution < 1.29 is 28.6 Å². The zero-order valence-corrected chi connectivity index (χ0v) is 40.2. The Labute approximate surface area is 377 Å². The van der Waals surface area contributed by atoms with E-state index in [-0.39, 0.29) is 31.1 Å². The minimum atomic E-state index is -0.780. The lowest BCUT2D eigenvalue weighted by molar-refractivity contribution is -0.167. The van der Waals surface area contributed by atoms with Crippen LogP contribution in [0, 0.1) is 0 Å². The van der Waals surface area contributed by atoms with E-state index in [1.165, 1.54) is 116 Å². The van der Waals surface area contributed by atoms with Gasteiger partial charge in [0, 0.05) is 19.3 Å². The number of carbonyl (C=O) groups is 3. The second-order valence-electron chi connectivity index (χ2n) is 17.1. The maximum Gasteiger partial charge on any atom is 0.306 e. The molecule has 0 fully saturated rings. The first kappa shape index (κ1) is 58.1. The summed E-state index contributed by atoms with van der Waals surface area (Å²) >= 11 is 0. The molecule has 6 heteroatoms. The van der Waals surface area contributed by atoms with Crippen molar-refractivity contribution in [2.75, 3.05) is 13.2 Å². The molecule has 0 saturated carbocycles. The summed E-state index contributed by atoms with van der Waals surface area (Å²) in [5.74, 6) is -0.900. The van der Waals surface area contributed by atoms with Gasteiger partial charge in [-0.15, -0.1) is 0 Å². The summed E-state index contributed by atoms with van der Waals surface area (Å²) in [4.78, 5) is 37.9. The second kappa shape index (κ2) is 49.8. The van der Waals surface area contributed by atoms with Crippen LogP contribution in [0.5, 0.6) is 0 Å². The van der Waals surface area contributed by atoms with Crippen LogP contribution in [0.4, 0.5) is 0 Å². The van der Waals surface area contributed by atoms with Crippen LogP contribution in [-0.4, -0.2) is 37.2 Å². The molecule has 61 heavy (non-hydrogen) atoms. The SMILES string of the molecule is CC/C=C\C/C=C\C/C=C\C/C=C\CCCCCCCCC(=O)OCC(COC(=O)CCCCCCC/C=C\CCCC)OC(=O)CCCCCCCCCCCCCCC. The maximum atomic E-state index is 12.8. The zero-order valence-electron chi connectivity index (χ0n) is 40.2. The van der Waals surface area contributed by atoms with Gasteiger partial charge in [-0.25, -0.2) is 0 Å². The van der Waals surface area contributed by atoms with Gasteiger partial charge in [0.05, 0.1) is 0 Å². The molecule has 0 aliphatic heterocycles. The topological polar surface area (TPSA) is 78.9 Å². The summed E-state index contributed by atoms with van der Waals surface area (Å²) in [7, 11) is 0. The molecule has 0 saturated heterocycles. The molecule has 0 aromatic carbocycles. The molecule has 352 valence electrons. The average Bonchev–Trinajstić information content (AvgIpc) is 3.26. The largest absolute Gasteiger partial charge is 0.462 e. The minimum absolute atomic E-state index is 0.0816. The molecule has 0 aliphatic carbocycles. The number of esters is 3. The Hall–Kier alpha value is -2.89. The summed E-state index contributed by atoms with van der Waals surface area (Å²) in [5, 5.41) is 0. The summed E-state index contributed by atoms with van der Waals surface area (Å²) in [6.45, 7) is 6.47. The van der Waals surface area contributed by atoms with Crippen LogP contribution in [0.25, 0.3) is 0 Å². The number of carbonyl (C=O) groups excluding carboxylic acids is 3. The highest BCUT2D eigenvalue weighted by Gasteiger charge is 2.19. The fourth-order valence-corrected chi connectivity index (χ4v) is 7.12. The van der Waals surface area contributed by atoms with Gasteiger partial charge in [0.1, 0.15) is 13.2 Å². The molecular formula is C55H96O6. The Bertz CT molecular complexity index is 1120. The normalized spacial score (nSPS) is 12.5. The monoisotopic (exact) mass is 853 g/mol.